The van der Waals surface area contributed by atoms with Crippen LogP contribution in [0.1, 0.15) is 251 Å². The van der Waals surface area contributed by atoms with Gasteiger partial charge in [0.2, 0.25) is 5.91 Å². The maximum absolute atomic E-state index is 12.8. The van der Waals surface area contributed by atoms with Crippen LogP contribution in [0.3, 0.4) is 0 Å². The highest BCUT2D eigenvalue weighted by Gasteiger charge is 2.32. The Kier molecular flexibility index (Phi) is 40.6. The number of unbranched alkanes of at least 4 members (excludes halogenated alkanes) is 27. The fourth-order valence-corrected chi connectivity index (χ4v) is 8.55. The highest BCUT2D eigenvalue weighted by Crippen LogP contribution is 2.43. The molecule has 0 radical (unpaired) electrons. The molecule has 0 spiro atoms. The van der Waals surface area contributed by atoms with E-state index in [4.69, 9.17) is 23.4 Å². The van der Waals surface area contributed by atoms with Gasteiger partial charge in [-0.2, -0.15) is 0 Å². The van der Waals surface area contributed by atoms with Gasteiger partial charge in [0.1, 0.15) is 6.61 Å². The summed E-state index contributed by atoms with van der Waals surface area (Å²) in [4.78, 5) is 87.8. The van der Waals surface area contributed by atoms with E-state index >= 15 is 0 Å². The average Bonchev–Trinajstić information content (AvgIpc) is 3.63. The monoisotopic (exact) mass is 985 g/mol. The maximum atomic E-state index is 12.8. The molecule has 1 rings (SSSR count). The molecular weight excluding hydrogens is 892 g/mol. The normalized spacial score (nSPS) is 14.1. The summed E-state index contributed by atoms with van der Waals surface area (Å²) < 4.78 is 33.9. The Balaban J connectivity index is 2.35. The summed E-state index contributed by atoms with van der Waals surface area (Å²) >= 11 is 0. The number of esters is 2. The Morgan fingerprint density at radius 1 is 0.559 bits per heavy atom. The average molecular weight is 985 g/mol. The van der Waals surface area contributed by atoms with Gasteiger partial charge in [0.25, 0.3) is 11.8 Å². The number of hydrogen-bond acceptors (Lipinski definition) is 12. The molecule has 68 heavy (non-hydrogen) atoms. The predicted molar refractivity (Wildman–Crippen MR) is 265 cm³/mol. The van der Waals surface area contributed by atoms with E-state index in [0.29, 0.717) is 43.6 Å². The molecule has 15 nitrogen and oxygen atoms in total. The van der Waals surface area contributed by atoms with Crippen molar-refractivity contribution >= 4 is 43.5 Å². The molecule has 0 saturated carbocycles. The second-order valence-corrected chi connectivity index (χ2v) is 19.8. The zero-order valence-corrected chi connectivity index (χ0v) is 43.4. The van der Waals surface area contributed by atoms with Crippen LogP contribution in [0.2, 0.25) is 0 Å². The van der Waals surface area contributed by atoms with E-state index in [2.05, 4.69) is 19.2 Å². The van der Waals surface area contributed by atoms with Crippen molar-refractivity contribution in [3.63, 3.8) is 0 Å². The number of nitrogens with zero attached hydrogens (tertiary/aromatic N) is 1. The van der Waals surface area contributed by atoms with Gasteiger partial charge >= 0.3 is 25.7 Å². The topological polar surface area (TPSA) is 201 Å². The number of allylic oxidation sites excluding steroid dienone is 2. The van der Waals surface area contributed by atoms with Crippen molar-refractivity contribution in [1.29, 1.82) is 0 Å². The molecule has 0 bridgehead atoms. The van der Waals surface area contributed by atoms with Gasteiger partial charge in [0.05, 0.1) is 13.2 Å². The van der Waals surface area contributed by atoms with E-state index in [9.17, 15) is 38.2 Å². The van der Waals surface area contributed by atoms with Gasteiger partial charge < -0.3 is 24.5 Å². The minimum absolute atomic E-state index is 0.0283. The number of hydrogen-bond donors (Lipinski definition) is 2. The van der Waals surface area contributed by atoms with E-state index in [0.717, 1.165) is 44.9 Å². The van der Waals surface area contributed by atoms with Gasteiger partial charge in [0, 0.05) is 45.1 Å². The standard InChI is InChI=1S/C52H93N2O13P/c1-3-5-7-9-11-13-15-17-19-21-25-29-33-37-50(58)63-44-46(66-51(59)38-34-30-26-22-20-18-16-14-12-10-8-6-4-2)45-65-68(61,62)64-43-42-53-47(55)36-32-28-24-23-27-31-35-39-52(60)67-54-48(56)40-41-49(54)57/h23-24,46H,3-22,25-45H2,1-2H3,(H,53,55)(H,61,62)/b24-23+/t46-/m0/s1. The Morgan fingerprint density at radius 2 is 0.985 bits per heavy atom. The lowest BCUT2D eigenvalue weighted by Crippen LogP contribution is -2.31. The highest BCUT2D eigenvalue weighted by molar-refractivity contribution is 7.47. The van der Waals surface area contributed by atoms with Gasteiger partial charge in [-0.1, -0.05) is 180 Å². The molecule has 1 fully saturated rings. The van der Waals surface area contributed by atoms with E-state index < -0.39 is 50.3 Å². The second-order valence-electron chi connectivity index (χ2n) is 18.4. The highest BCUT2D eigenvalue weighted by atomic mass is 31.2. The Morgan fingerprint density at radius 3 is 1.49 bits per heavy atom. The predicted octanol–water partition coefficient (Wildman–Crippen LogP) is 12.5. The van der Waals surface area contributed by atoms with Crippen molar-refractivity contribution in [3.8, 4) is 0 Å². The third-order valence-electron chi connectivity index (χ3n) is 11.9. The third-order valence-corrected chi connectivity index (χ3v) is 12.9. The van der Waals surface area contributed by atoms with Gasteiger partial charge in [-0.3, -0.25) is 33.0 Å². The van der Waals surface area contributed by atoms with Crippen LogP contribution in [0.5, 0.6) is 0 Å². The molecule has 1 heterocycles. The first-order valence-corrected chi connectivity index (χ1v) is 28.4. The first-order chi connectivity index (χ1) is 33.0. The van der Waals surface area contributed by atoms with Gasteiger partial charge in [-0.15, -0.1) is 5.06 Å². The first-order valence-electron chi connectivity index (χ1n) is 26.9. The number of phosphoric ester groups is 1. The molecule has 0 aromatic rings. The summed E-state index contributed by atoms with van der Waals surface area (Å²) in [5.41, 5.74) is 0. The SMILES string of the molecule is CCCCCCCCCCCCCCCC(=O)OC[C@@H](COP(=O)(O)OCCNC(=O)CCC/C=C/CCCCC(=O)ON1C(=O)CCC1=O)OC(=O)CCCCCCCCCCCCCCC. The zero-order chi connectivity index (χ0) is 49.8. The summed E-state index contributed by atoms with van der Waals surface area (Å²) in [5, 5.41) is 3.19. The number of nitrogens with one attached hydrogen (secondary N) is 1. The first kappa shape index (κ1) is 62.9. The summed E-state index contributed by atoms with van der Waals surface area (Å²) in [7, 11) is -4.60. The van der Waals surface area contributed by atoms with Crippen molar-refractivity contribution in [2.24, 2.45) is 0 Å². The molecule has 1 saturated heterocycles. The number of rotatable bonds is 48. The number of imide groups is 1. The smallest absolute Gasteiger partial charge is 0.462 e. The third kappa shape index (κ3) is 38.7. The fourth-order valence-electron chi connectivity index (χ4n) is 7.80. The maximum Gasteiger partial charge on any atom is 0.472 e. The number of carbonyl (C=O) groups is 6. The molecule has 1 aliphatic heterocycles. The molecular formula is C52H93N2O13P. The van der Waals surface area contributed by atoms with Crippen molar-refractivity contribution in [1.82, 2.24) is 10.4 Å². The zero-order valence-electron chi connectivity index (χ0n) is 42.5. The van der Waals surface area contributed by atoms with Crippen LogP contribution in [0.15, 0.2) is 12.2 Å². The lowest BCUT2D eigenvalue weighted by atomic mass is 10.0. The molecule has 0 aliphatic carbocycles. The molecule has 0 aromatic heterocycles. The molecule has 394 valence electrons. The van der Waals surface area contributed by atoms with E-state index in [1.165, 1.54) is 116 Å². The molecule has 3 amide bonds. The number of hydroxylamine groups is 2. The Bertz CT molecular complexity index is 1410. The molecule has 2 atom stereocenters. The van der Waals surface area contributed by atoms with Crippen LogP contribution in [0, 0.1) is 0 Å². The molecule has 2 N–H and O–H groups in total. The van der Waals surface area contributed by atoms with Gasteiger partial charge in [-0.05, 0) is 44.9 Å². The number of ether oxygens (including phenoxy) is 2. The minimum atomic E-state index is -4.60. The Labute approximate surface area is 410 Å². The number of carbonyl (C=O) groups excluding carboxylic acids is 6. The van der Waals surface area contributed by atoms with Crippen LogP contribution < -0.4 is 5.32 Å². The van der Waals surface area contributed by atoms with Crippen molar-refractivity contribution in [2.75, 3.05) is 26.4 Å². The van der Waals surface area contributed by atoms with Crippen LogP contribution in [-0.4, -0.2) is 78.1 Å². The van der Waals surface area contributed by atoms with E-state index in [1.54, 1.807) is 0 Å². The summed E-state index contributed by atoms with van der Waals surface area (Å²) in [5.74, 6) is -2.79. The molecule has 0 aromatic carbocycles. The van der Waals surface area contributed by atoms with Crippen molar-refractivity contribution in [2.45, 2.75) is 258 Å². The van der Waals surface area contributed by atoms with Crippen LogP contribution in [-0.2, 0) is 56.7 Å². The Hall–Kier alpha value is -3.13. The summed E-state index contributed by atoms with van der Waals surface area (Å²) in [6.07, 6.45) is 37.8. The largest absolute Gasteiger partial charge is 0.472 e. The van der Waals surface area contributed by atoms with Crippen molar-refractivity contribution < 1.29 is 61.6 Å². The quantitative estimate of drug-likeness (QED) is 0.0192. The lowest BCUT2D eigenvalue weighted by molar-refractivity contribution is -0.197. The summed E-state index contributed by atoms with van der Waals surface area (Å²) in [6, 6.07) is 0. The summed E-state index contributed by atoms with van der Waals surface area (Å²) in [6.45, 7) is 3.33. The minimum Gasteiger partial charge on any atom is -0.462 e. The fraction of sp³-hybridized carbons (Fsp3) is 0.846. The van der Waals surface area contributed by atoms with Crippen LogP contribution >= 0.6 is 7.82 Å². The van der Waals surface area contributed by atoms with Crippen molar-refractivity contribution in [3.05, 3.63) is 12.2 Å². The molecule has 1 unspecified atom stereocenters. The van der Waals surface area contributed by atoms with Gasteiger partial charge in [0.15, 0.2) is 6.10 Å². The lowest BCUT2D eigenvalue weighted by Gasteiger charge is -2.20. The number of phosphoric acid groups is 1. The molecule has 16 heteroatoms. The van der Waals surface area contributed by atoms with E-state index in [-0.39, 0.29) is 64.2 Å². The second kappa shape index (κ2) is 43.9. The van der Waals surface area contributed by atoms with Gasteiger partial charge in [-0.25, -0.2) is 9.36 Å². The van der Waals surface area contributed by atoms with Crippen LogP contribution in [0.25, 0.3) is 0 Å². The van der Waals surface area contributed by atoms with E-state index in [1.807, 2.05) is 12.2 Å². The molecule has 1 aliphatic rings. The van der Waals surface area contributed by atoms with Crippen LogP contribution in [0.4, 0.5) is 0 Å². The number of amides is 3.